The lowest BCUT2D eigenvalue weighted by Crippen LogP contribution is -2.53. The monoisotopic (exact) mass is 1080 g/mol. The van der Waals surface area contributed by atoms with Gasteiger partial charge in [0.15, 0.2) is 0 Å². The minimum atomic E-state index is -1.27. The first-order valence-electron chi connectivity index (χ1n) is 27.6. The van der Waals surface area contributed by atoms with Gasteiger partial charge >= 0.3 is 11.9 Å². The Bertz CT molecular complexity index is 4770. The molecule has 8 heterocycles. The summed E-state index contributed by atoms with van der Waals surface area (Å²) in [7, 11) is 1.60. The third-order valence-corrected chi connectivity index (χ3v) is 18.7. The maximum absolute atomic E-state index is 14.5. The van der Waals surface area contributed by atoms with Crippen LogP contribution in [0.3, 0.4) is 0 Å². The molecule has 17 rings (SSSR count). The largest absolute Gasteiger partial charge is 0.497 e. The first-order chi connectivity index (χ1) is 39.3. The van der Waals surface area contributed by atoms with Crippen molar-refractivity contribution < 1.29 is 43.0 Å². The van der Waals surface area contributed by atoms with Gasteiger partial charge < -0.3 is 43.9 Å². The van der Waals surface area contributed by atoms with Crippen LogP contribution >= 0.6 is 0 Å². The number of hydrogen-bond donors (Lipinski definition) is 3. The van der Waals surface area contributed by atoms with E-state index < -0.39 is 35.0 Å². The lowest BCUT2D eigenvalue weighted by molar-refractivity contribution is -0.151. The number of amides is 4. The average Bonchev–Trinajstić information content (AvgIpc) is 2.79. The molecule has 0 spiro atoms. The highest BCUT2D eigenvalue weighted by molar-refractivity contribution is 6.41. The minimum Gasteiger partial charge on any atom is -0.497 e. The third-order valence-electron chi connectivity index (χ3n) is 18.7. The molecule has 4 unspecified atom stereocenters. The molecule has 4 aliphatic heterocycles. The quantitative estimate of drug-likeness (QED) is 0.101. The van der Waals surface area contributed by atoms with Gasteiger partial charge in [-0.3, -0.25) is 29.4 Å². The normalized spacial score (nSPS) is 23.0. The number of carbonyl (C=O) groups excluding carboxylic acids is 6. The summed E-state index contributed by atoms with van der Waals surface area (Å²) in [6, 6.07) is 38.2. The number of para-hydroxylation sites is 4. The molecule has 6 atom stereocenters. The van der Waals surface area contributed by atoms with Crippen LogP contribution in [0.1, 0.15) is 111 Å². The molecule has 6 aliphatic rings. The number of ether oxygens (including phenoxy) is 3. The van der Waals surface area contributed by atoms with Crippen LogP contribution < -0.4 is 21.5 Å². The van der Waals surface area contributed by atoms with E-state index in [4.69, 9.17) is 25.7 Å². The molecule has 2 fully saturated rings. The maximum Gasteiger partial charge on any atom is 0.328 e. The highest BCUT2D eigenvalue weighted by Gasteiger charge is 2.58. The van der Waals surface area contributed by atoms with Gasteiger partial charge in [-0.25, -0.2) is 9.59 Å². The summed E-state index contributed by atoms with van der Waals surface area (Å²) < 4.78 is 25.3. The van der Waals surface area contributed by atoms with Crippen LogP contribution in [0.15, 0.2) is 121 Å². The molecule has 0 radical (unpaired) electrons. The second kappa shape index (κ2) is 16.4. The van der Waals surface area contributed by atoms with Gasteiger partial charge in [0, 0.05) is 77.2 Å². The molecule has 2 aliphatic carbocycles. The van der Waals surface area contributed by atoms with Crippen molar-refractivity contribution in [2.75, 3.05) is 20.3 Å². The smallest absolute Gasteiger partial charge is 0.328 e. The summed E-state index contributed by atoms with van der Waals surface area (Å²) in [5.41, 5.74) is 21.3. The zero-order valence-electron chi connectivity index (χ0n) is 44.4. The highest BCUT2D eigenvalue weighted by atomic mass is 16.5. The number of esters is 2. The van der Waals surface area contributed by atoms with Crippen molar-refractivity contribution in [3.63, 3.8) is 0 Å². The molecule has 11 aromatic rings. The van der Waals surface area contributed by atoms with Gasteiger partial charge in [0.2, 0.25) is 0 Å². The van der Waals surface area contributed by atoms with Crippen LogP contribution in [0.4, 0.5) is 0 Å². The number of carbonyl (C=O) groups is 6. The lowest BCUT2D eigenvalue weighted by Gasteiger charge is -2.31. The number of nitrogens with zero attached hydrogens (tertiary/aromatic N) is 5. The van der Waals surface area contributed by atoms with E-state index in [-0.39, 0.29) is 55.6 Å². The van der Waals surface area contributed by atoms with E-state index in [1.54, 1.807) is 21.0 Å². The molecule has 17 heteroatoms. The molecule has 2 saturated carbocycles. The van der Waals surface area contributed by atoms with E-state index in [1.165, 1.54) is 4.90 Å². The molecule has 4 amide bonds. The fourth-order valence-corrected chi connectivity index (χ4v) is 15.6. The van der Waals surface area contributed by atoms with Gasteiger partial charge in [0.25, 0.3) is 23.6 Å². The Hall–Kier alpha value is -9.32. The number of nitrogens with two attached hydrogens (primary N) is 2. The van der Waals surface area contributed by atoms with Crippen molar-refractivity contribution in [3.8, 4) is 5.75 Å². The topological polar surface area (TPSA) is 217 Å². The molecule has 7 aromatic carbocycles. The van der Waals surface area contributed by atoms with E-state index in [0.29, 0.717) is 53.7 Å². The Morgan fingerprint density at radius 2 is 0.877 bits per heavy atom. The van der Waals surface area contributed by atoms with Gasteiger partial charge in [-0.05, 0) is 81.5 Å². The van der Waals surface area contributed by atoms with Crippen molar-refractivity contribution in [1.82, 2.24) is 28.5 Å². The second-order valence-corrected chi connectivity index (χ2v) is 22.5. The van der Waals surface area contributed by atoms with Gasteiger partial charge in [0.1, 0.15) is 16.8 Å². The summed E-state index contributed by atoms with van der Waals surface area (Å²) in [5, 5.41) is 9.10. The summed E-state index contributed by atoms with van der Waals surface area (Å²) in [6.07, 6.45) is 2.06. The van der Waals surface area contributed by atoms with Gasteiger partial charge in [-0.2, -0.15) is 0 Å². The number of aromatic nitrogens is 4. The van der Waals surface area contributed by atoms with Crippen LogP contribution in [0, 0.1) is 0 Å². The van der Waals surface area contributed by atoms with Crippen LogP contribution in [-0.2, 0) is 25.6 Å². The Kier molecular flexibility index (Phi) is 9.65. The minimum absolute atomic E-state index is 0.0770. The summed E-state index contributed by atoms with van der Waals surface area (Å²) in [6.45, 7) is 4.20. The maximum atomic E-state index is 14.5. The number of imide groups is 2. The van der Waals surface area contributed by atoms with E-state index in [9.17, 15) is 28.8 Å². The third kappa shape index (κ3) is 5.85. The Balaban J connectivity index is 0.000000137. The number of nitrogens with one attached hydrogen (secondary N) is 1. The Morgan fingerprint density at radius 3 is 1.26 bits per heavy atom. The van der Waals surface area contributed by atoms with Crippen molar-refractivity contribution >= 4 is 123 Å². The number of benzene rings is 7. The van der Waals surface area contributed by atoms with Gasteiger partial charge in [-0.1, -0.05) is 84.9 Å². The first kappa shape index (κ1) is 47.7. The van der Waals surface area contributed by atoms with E-state index >= 15 is 0 Å². The zero-order valence-corrected chi connectivity index (χ0v) is 44.4. The standard InChI is InChI=1S/C36H30N4O5.C28H22N4O4/c1-3-45-35(43)36(37)17-20-16-26(36)40-25-11-7-5-9-23(25)28-30-29(27-22-8-4-6-10-24(22)39(20)31(27)32(28)40)33(41)38(34(30)42)18-19-12-14-21(44-2)15-13-19;1-2-36-27(35)28(29)12-13-11-18(28)32-17-10-6-4-8-15(17)20-22-21(25(33)30-26(22)34)19-14-7-3-5-9-16(14)31(13)23(19)24(20)32/h4-15,20,26H,3,16-18,37H2,1-2H3;3-10,13,18H,2,11-12,29H2,1H3,(H,30,33,34)/t20?,26?,36-;13?,18?,28-/m00/s1. The second-order valence-electron chi connectivity index (χ2n) is 22.5. The zero-order chi connectivity index (χ0) is 55.3. The summed E-state index contributed by atoms with van der Waals surface area (Å²) in [5.74, 6) is -1.52. The molecule has 0 saturated heterocycles. The summed E-state index contributed by atoms with van der Waals surface area (Å²) in [4.78, 5) is 83.9. The number of fused-ring (bicyclic) bond motifs is 26. The summed E-state index contributed by atoms with van der Waals surface area (Å²) >= 11 is 0. The van der Waals surface area contributed by atoms with Gasteiger partial charge in [0.05, 0.1) is 83.3 Å². The average molecular weight is 1080 g/mol. The predicted molar refractivity (Wildman–Crippen MR) is 306 cm³/mol. The lowest BCUT2D eigenvalue weighted by atomic mass is 9.92. The molecule has 402 valence electrons. The van der Waals surface area contributed by atoms with Gasteiger partial charge in [-0.15, -0.1) is 0 Å². The van der Waals surface area contributed by atoms with Crippen LogP contribution in [0.5, 0.6) is 5.75 Å². The fourth-order valence-electron chi connectivity index (χ4n) is 15.6. The molecule has 5 N–H and O–H groups in total. The number of methoxy groups -OCH3 is 1. The van der Waals surface area contributed by atoms with Crippen molar-refractivity contribution in [1.29, 1.82) is 0 Å². The molecular formula is C64H52N8O9. The number of rotatable bonds is 7. The molecule has 81 heavy (non-hydrogen) atoms. The van der Waals surface area contributed by atoms with E-state index in [0.717, 1.165) is 92.8 Å². The van der Waals surface area contributed by atoms with Crippen LogP contribution in [-0.4, -0.2) is 90.1 Å². The molecule has 4 bridgehead atoms. The van der Waals surface area contributed by atoms with Crippen molar-refractivity contribution in [2.45, 2.75) is 81.3 Å². The van der Waals surface area contributed by atoms with Crippen molar-refractivity contribution in [3.05, 3.63) is 149 Å². The molecular weight excluding hydrogens is 1020 g/mol. The number of hydrogen-bond acceptors (Lipinski definition) is 11. The Morgan fingerprint density at radius 1 is 0.519 bits per heavy atom. The molecule has 4 aromatic heterocycles. The first-order valence-corrected chi connectivity index (χ1v) is 27.6. The molecule has 17 nitrogen and oxygen atoms in total. The van der Waals surface area contributed by atoms with E-state index in [1.807, 2.05) is 115 Å². The highest BCUT2D eigenvalue weighted by Crippen LogP contribution is 2.59. The van der Waals surface area contributed by atoms with Crippen LogP contribution in [0.2, 0.25) is 0 Å². The predicted octanol–water partition coefficient (Wildman–Crippen LogP) is 9.79. The van der Waals surface area contributed by atoms with Crippen molar-refractivity contribution in [2.24, 2.45) is 11.5 Å². The van der Waals surface area contributed by atoms with Crippen LogP contribution in [0.25, 0.3) is 87.2 Å². The SMILES string of the molecule is CCOC(=O)[C@]1(N)CC2CC1n1c3ccccc3c3c4c(c5c6ccccc6n2c5c31)C(=O)N(Cc1ccc(OC)cc1)C4=O.CCOC(=O)[C@]1(N)CC2CC1n1c3ccccc3c3c4c(c5c6ccccc6n2c5c31)C(=O)NC4=O. The van der Waals surface area contributed by atoms with E-state index in [2.05, 4.69) is 29.7 Å². The fraction of sp³-hybridized carbons (Fsp3) is 0.250. The Labute approximate surface area is 460 Å².